The molecule has 1 aromatic carbocycles. The van der Waals surface area contributed by atoms with Crippen molar-refractivity contribution in [2.45, 2.75) is 25.3 Å². The van der Waals surface area contributed by atoms with Crippen LogP contribution in [0.3, 0.4) is 0 Å². The van der Waals surface area contributed by atoms with Crippen LogP contribution in [0, 0.1) is 0 Å². The van der Waals surface area contributed by atoms with E-state index in [1.165, 1.54) is 6.07 Å². The standard InChI is InChI=1S/C13H16N2O3/c16-12(11-7-3-4-8-14-11)15-10-6-2-1-5-9(10)13(17)18/h1-2,5-6,11,14H,3-4,7-8H2,(H,15,16)(H,17,18)/t11-/m1/s1. The van der Waals surface area contributed by atoms with Gasteiger partial charge in [-0.3, -0.25) is 4.79 Å². The number of piperidine rings is 1. The molecule has 0 radical (unpaired) electrons. The summed E-state index contributed by atoms with van der Waals surface area (Å²) < 4.78 is 0. The average molecular weight is 248 g/mol. The number of carboxylic acids is 1. The van der Waals surface area contributed by atoms with Crippen LogP contribution < -0.4 is 10.6 Å². The van der Waals surface area contributed by atoms with E-state index in [-0.39, 0.29) is 17.5 Å². The number of para-hydroxylation sites is 1. The molecule has 96 valence electrons. The van der Waals surface area contributed by atoms with Crippen molar-refractivity contribution in [2.24, 2.45) is 0 Å². The lowest BCUT2D eigenvalue weighted by Gasteiger charge is -2.22. The molecule has 18 heavy (non-hydrogen) atoms. The summed E-state index contributed by atoms with van der Waals surface area (Å²) in [6.45, 7) is 0.832. The topological polar surface area (TPSA) is 78.4 Å². The molecule has 1 heterocycles. The quantitative estimate of drug-likeness (QED) is 0.756. The molecule has 0 spiro atoms. The molecule has 2 rings (SSSR count). The predicted molar refractivity (Wildman–Crippen MR) is 67.7 cm³/mol. The average Bonchev–Trinajstić information content (AvgIpc) is 2.40. The zero-order chi connectivity index (χ0) is 13.0. The highest BCUT2D eigenvalue weighted by Crippen LogP contribution is 2.16. The van der Waals surface area contributed by atoms with E-state index in [2.05, 4.69) is 10.6 Å². The highest BCUT2D eigenvalue weighted by atomic mass is 16.4. The summed E-state index contributed by atoms with van der Waals surface area (Å²) in [6, 6.07) is 6.20. The molecular formula is C13H16N2O3. The summed E-state index contributed by atoms with van der Waals surface area (Å²) in [5, 5.41) is 14.8. The van der Waals surface area contributed by atoms with E-state index >= 15 is 0 Å². The number of anilines is 1. The van der Waals surface area contributed by atoms with Gasteiger partial charge in [0.05, 0.1) is 17.3 Å². The number of hydrogen-bond donors (Lipinski definition) is 3. The van der Waals surface area contributed by atoms with E-state index in [1.54, 1.807) is 18.2 Å². The summed E-state index contributed by atoms with van der Waals surface area (Å²) in [5.41, 5.74) is 0.462. The van der Waals surface area contributed by atoms with Crippen molar-refractivity contribution in [1.29, 1.82) is 0 Å². The first-order valence-electron chi connectivity index (χ1n) is 6.05. The van der Waals surface area contributed by atoms with Gasteiger partial charge in [0.1, 0.15) is 0 Å². The maximum absolute atomic E-state index is 12.0. The number of amides is 1. The molecule has 0 bridgehead atoms. The number of aromatic carboxylic acids is 1. The molecule has 0 unspecified atom stereocenters. The highest BCUT2D eigenvalue weighted by Gasteiger charge is 2.21. The van der Waals surface area contributed by atoms with Gasteiger partial charge in [0.15, 0.2) is 0 Å². The van der Waals surface area contributed by atoms with Crippen LogP contribution in [-0.4, -0.2) is 29.6 Å². The fraction of sp³-hybridized carbons (Fsp3) is 0.385. The lowest BCUT2D eigenvalue weighted by atomic mass is 10.0. The van der Waals surface area contributed by atoms with Crippen LogP contribution in [0.5, 0.6) is 0 Å². The van der Waals surface area contributed by atoms with Crippen LogP contribution in [0.25, 0.3) is 0 Å². The Morgan fingerprint density at radius 1 is 1.28 bits per heavy atom. The zero-order valence-electron chi connectivity index (χ0n) is 9.98. The van der Waals surface area contributed by atoms with E-state index in [4.69, 9.17) is 5.11 Å². The minimum Gasteiger partial charge on any atom is -0.478 e. The van der Waals surface area contributed by atoms with E-state index in [0.717, 1.165) is 25.8 Å². The van der Waals surface area contributed by atoms with Crippen molar-refractivity contribution < 1.29 is 14.7 Å². The third-order valence-electron chi connectivity index (χ3n) is 3.04. The van der Waals surface area contributed by atoms with E-state index < -0.39 is 5.97 Å². The lowest BCUT2D eigenvalue weighted by Crippen LogP contribution is -2.43. The van der Waals surface area contributed by atoms with Crippen LogP contribution in [0.15, 0.2) is 24.3 Å². The van der Waals surface area contributed by atoms with Gasteiger partial charge >= 0.3 is 5.97 Å². The Balaban J connectivity index is 2.08. The molecule has 3 N–H and O–H groups in total. The molecule has 1 atom stereocenters. The third kappa shape index (κ3) is 2.87. The monoisotopic (exact) mass is 248 g/mol. The van der Waals surface area contributed by atoms with Crippen molar-refractivity contribution in [2.75, 3.05) is 11.9 Å². The fourth-order valence-corrected chi connectivity index (χ4v) is 2.07. The number of carboxylic acid groups (broad SMARTS) is 1. The molecule has 5 heteroatoms. The zero-order valence-corrected chi connectivity index (χ0v) is 9.98. The summed E-state index contributed by atoms with van der Waals surface area (Å²) >= 11 is 0. The fourth-order valence-electron chi connectivity index (χ4n) is 2.07. The molecule has 1 amide bonds. The first-order valence-corrected chi connectivity index (χ1v) is 6.05. The molecule has 5 nitrogen and oxygen atoms in total. The SMILES string of the molecule is O=C(O)c1ccccc1NC(=O)[C@H]1CCCCN1. The maximum atomic E-state index is 12.0. The smallest absolute Gasteiger partial charge is 0.337 e. The molecule has 1 aliphatic heterocycles. The Labute approximate surface area is 105 Å². The Hall–Kier alpha value is -1.88. The van der Waals surface area contributed by atoms with Crippen LogP contribution in [-0.2, 0) is 4.79 Å². The van der Waals surface area contributed by atoms with Crippen molar-refractivity contribution >= 4 is 17.6 Å². The molecule has 1 fully saturated rings. The summed E-state index contributed by atoms with van der Waals surface area (Å²) in [6.07, 6.45) is 2.89. The van der Waals surface area contributed by atoms with E-state index in [9.17, 15) is 9.59 Å². The van der Waals surface area contributed by atoms with Gasteiger partial charge < -0.3 is 15.7 Å². The summed E-state index contributed by atoms with van der Waals surface area (Å²) in [4.78, 5) is 23.0. The Bertz CT molecular complexity index is 453. The highest BCUT2D eigenvalue weighted by molar-refractivity contribution is 6.02. The molecule has 1 aromatic rings. The minimum absolute atomic E-state index is 0.113. The van der Waals surface area contributed by atoms with Crippen LogP contribution in [0.2, 0.25) is 0 Å². The van der Waals surface area contributed by atoms with Gasteiger partial charge in [0.25, 0.3) is 0 Å². The van der Waals surface area contributed by atoms with Gasteiger partial charge in [-0.1, -0.05) is 18.6 Å². The number of nitrogens with one attached hydrogen (secondary N) is 2. The van der Waals surface area contributed by atoms with Gasteiger partial charge in [-0.05, 0) is 31.5 Å². The van der Waals surface area contributed by atoms with Gasteiger partial charge in [0.2, 0.25) is 5.91 Å². The van der Waals surface area contributed by atoms with Crippen LogP contribution in [0.1, 0.15) is 29.6 Å². The van der Waals surface area contributed by atoms with Crippen molar-refractivity contribution in [3.63, 3.8) is 0 Å². The molecule has 1 saturated heterocycles. The van der Waals surface area contributed by atoms with Crippen molar-refractivity contribution in [3.05, 3.63) is 29.8 Å². The molecule has 0 aromatic heterocycles. The number of benzene rings is 1. The first-order chi connectivity index (χ1) is 8.68. The summed E-state index contributed by atoms with van der Waals surface area (Å²) in [5.74, 6) is -1.20. The van der Waals surface area contributed by atoms with Gasteiger partial charge in [-0.15, -0.1) is 0 Å². The van der Waals surface area contributed by atoms with Crippen molar-refractivity contribution in [1.82, 2.24) is 5.32 Å². The lowest BCUT2D eigenvalue weighted by molar-refractivity contribution is -0.118. The number of carbonyl (C=O) groups is 2. The molecule has 0 aliphatic carbocycles. The molecular weight excluding hydrogens is 232 g/mol. The Morgan fingerprint density at radius 2 is 2.06 bits per heavy atom. The van der Waals surface area contributed by atoms with Gasteiger partial charge in [0, 0.05) is 0 Å². The van der Waals surface area contributed by atoms with Crippen LogP contribution in [0.4, 0.5) is 5.69 Å². The Kier molecular flexibility index (Phi) is 3.94. The van der Waals surface area contributed by atoms with Gasteiger partial charge in [-0.25, -0.2) is 4.79 Å². The predicted octanol–water partition coefficient (Wildman–Crippen LogP) is 1.47. The third-order valence-corrected chi connectivity index (χ3v) is 3.04. The Morgan fingerprint density at radius 3 is 2.72 bits per heavy atom. The summed E-state index contributed by atoms with van der Waals surface area (Å²) in [7, 11) is 0. The maximum Gasteiger partial charge on any atom is 0.337 e. The molecule has 0 saturated carbocycles. The second kappa shape index (κ2) is 5.64. The number of rotatable bonds is 3. The van der Waals surface area contributed by atoms with Gasteiger partial charge in [-0.2, -0.15) is 0 Å². The largest absolute Gasteiger partial charge is 0.478 e. The van der Waals surface area contributed by atoms with E-state index in [0.29, 0.717) is 5.69 Å². The number of hydrogen-bond acceptors (Lipinski definition) is 3. The number of carbonyl (C=O) groups excluding carboxylic acids is 1. The second-order valence-corrected chi connectivity index (χ2v) is 4.34. The normalized spacial score (nSPS) is 19.2. The first kappa shape index (κ1) is 12.6. The molecule has 1 aliphatic rings. The van der Waals surface area contributed by atoms with Crippen molar-refractivity contribution in [3.8, 4) is 0 Å². The minimum atomic E-state index is -1.04. The van der Waals surface area contributed by atoms with Crippen LogP contribution >= 0.6 is 0 Å². The van der Waals surface area contributed by atoms with E-state index in [1.807, 2.05) is 0 Å². The second-order valence-electron chi connectivity index (χ2n) is 4.34.